The van der Waals surface area contributed by atoms with Crippen molar-refractivity contribution in [2.75, 3.05) is 30.8 Å². The molecule has 324 valence electrons. The smallest absolute Gasteiger partial charge is 0.453 e. The van der Waals surface area contributed by atoms with Gasteiger partial charge in [0.1, 0.15) is 29.1 Å². The van der Waals surface area contributed by atoms with E-state index in [2.05, 4.69) is 50.9 Å². The second kappa shape index (κ2) is 18.9. The van der Waals surface area contributed by atoms with Crippen LogP contribution in [0.1, 0.15) is 90.9 Å². The Morgan fingerprint density at radius 3 is 2.39 bits per heavy atom. The minimum absolute atomic E-state index is 0.0180. The number of imidazole rings is 2. The fourth-order valence-electron chi connectivity index (χ4n) is 7.11. The van der Waals surface area contributed by atoms with Crippen molar-refractivity contribution in [1.29, 1.82) is 0 Å². The van der Waals surface area contributed by atoms with Crippen molar-refractivity contribution >= 4 is 58.1 Å². The zero-order valence-electron chi connectivity index (χ0n) is 33.9. The molecule has 4 aromatic rings. The Hall–Kier alpha value is -6.37. The Balaban J connectivity index is 1.13. The van der Waals surface area contributed by atoms with E-state index in [1.165, 1.54) is 38.0 Å². The number of amides is 4. The average Bonchev–Trinajstić information content (AvgIpc) is 4.02. The summed E-state index contributed by atoms with van der Waals surface area (Å²) in [5, 5.41) is 11.0. The van der Waals surface area contributed by atoms with Gasteiger partial charge in [-0.05, 0) is 67.4 Å². The summed E-state index contributed by atoms with van der Waals surface area (Å²) in [5.74, 6) is -0.807. The van der Waals surface area contributed by atoms with E-state index in [0.29, 0.717) is 61.0 Å². The number of carbonyl (C=O) groups excluding carboxylic acids is 4. The third-order valence-corrected chi connectivity index (χ3v) is 10.5. The maximum atomic E-state index is 13.7. The van der Waals surface area contributed by atoms with Crippen molar-refractivity contribution in [3.05, 3.63) is 94.7 Å². The van der Waals surface area contributed by atoms with E-state index in [-0.39, 0.29) is 57.6 Å². The van der Waals surface area contributed by atoms with Crippen LogP contribution in [0.15, 0.2) is 61.3 Å². The topological polar surface area (TPSA) is 208 Å². The van der Waals surface area contributed by atoms with Crippen LogP contribution >= 0.6 is 11.6 Å². The summed E-state index contributed by atoms with van der Waals surface area (Å²) >= 11 is 6.57. The quantitative estimate of drug-likeness (QED) is 0.0757. The molecule has 4 atom stereocenters. The molecule has 6 N–H and O–H groups in total. The molecule has 2 aliphatic rings. The molecule has 1 aliphatic heterocycles. The molecular formula is C41H46ClF3N10O6. The number of pyridine rings is 1. The lowest BCUT2D eigenvalue weighted by Gasteiger charge is -2.30. The van der Waals surface area contributed by atoms with Crippen LogP contribution in [0, 0.1) is 11.8 Å². The van der Waals surface area contributed by atoms with Crippen molar-refractivity contribution in [3.63, 3.8) is 0 Å². The maximum Gasteiger partial charge on any atom is 0.573 e. The Kier molecular flexibility index (Phi) is 13.7. The summed E-state index contributed by atoms with van der Waals surface area (Å²) in [7, 11) is 1.24. The van der Waals surface area contributed by atoms with Gasteiger partial charge in [0, 0.05) is 37.0 Å². The highest BCUT2D eigenvalue weighted by atomic mass is 35.5. The van der Waals surface area contributed by atoms with Crippen LogP contribution in [-0.4, -0.2) is 92.3 Å². The van der Waals surface area contributed by atoms with Gasteiger partial charge in [-0.25, -0.2) is 19.7 Å². The third-order valence-electron chi connectivity index (χ3n) is 10.2. The molecule has 6 rings (SSSR count). The molecule has 3 aromatic heterocycles. The molecule has 16 nitrogen and oxygen atoms in total. The highest BCUT2D eigenvalue weighted by Crippen LogP contribution is 2.42. The molecule has 0 saturated carbocycles. The first-order chi connectivity index (χ1) is 29.0. The van der Waals surface area contributed by atoms with Gasteiger partial charge in [-0.1, -0.05) is 44.5 Å². The summed E-state index contributed by atoms with van der Waals surface area (Å²) in [6, 6.07) is 3.94. The number of carbonyl (C=O) groups is 4. The number of allylic oxidation sites excluding steroid dienone is 4. The van der Waals surface area contributed by atoms with Crippen LogP contribution in [0.25, 0.3) is 11.1 Å². The van der Waals surface area contributed by atoms with Crippen molar-refractivity contribution in [2.24, 2.45) is 11.8 Å². The first-order valence-electron chi connectivity index (χ1n) is 19.5. The average molecular weight is 867 g/mol. The van der Waals surface area contributed by atoms with E-state index < -0.39 is 30.2 Å². The number of halogens is 4. The summed E-state index contributed by atoms with van der Waals surface area (Å²) < 4.78 is 50.4. The van der Waals surface area contributed by atoms with Crippen LogP contribution in [0.3, 0.4) is 0 Å². The van der Waals surface area contributed by atoms with Gasteiger partial charge in [0.25, 0.3) is 11.8 Å². The Labute approximate surface area is 354 Å². The molecule has 4 amide bonds. The van der Waals surface area contributed by atoms with E-state index in [0.717, 1.165) is 11.6 Å². The summed E-state index contributed by atoms with van der Waals surface area (Å²) in [5.41, 5.74) is 2.47. The fraction of sp³-hybridized carbons (Fsp3) is 0.390. The van der Waals surface area contributed by atoms with Gasteiger partial charge in [0.15, 0.2) is 0 Å². The largest absolute Gasteiger partial charge is 0.573 e. The molecule has 61 heavy (non-hydrogen) atoms. The highest BCUT2D eigenvalue weighted by Gasteiger charge is 2.40. The molecule has 0 bridgehead atoms. The number of rotatable bonds is 14. The number of nitrogens with zero attached hydrogens (tertiary/aromatic N) is 4. The number of hydrogen-bond donors (Lipinski definition) is 6. The van der Waals surface area contributed by atoms with Gasteiger partial charge in [0.05, 0.1) is 53.8 Å². The van der Waals surface area contributed by atoms with Crippen LogP contribution in [0.4, 0.5) is 29.5 Å². The van der Waals surface area contributed by atoms with Crippen molar-refractivity contribution in [2.45, 2.75) is 71.4 Å². The van der Waals surface area contributed by atoms with E-state index in [1.54, 1.807) is 36.2 Å². The lowest BCUT2D eigenvalue weighted by Crippen LogP contribution is -2.51. The number of alkyl carbamates (subject to hydrolysis) is 1. The molecule has 4 heterocycles. The molecule has 0 radical (unpaired) electrons. The molecule has 0 spiro atoms. The normalized spacial score (nSPS) is 17.5. The number of methoxy groups -OCH3 is 1. The van der Waals surface area contributed by atoms with Crippen LogP contribution in [-0.2, 0) is 9.53 Å². The van der Waals surface area contributed by atoms with Crippen molar-refractivity contribution in [3.8, 4) is 5.75 Å². The first-order valence-corrected chi connectivity index (χ1v) is 19.9. The third kappa shape index (κ3) is 11.1. The number of likely N-dealkylation sites (tertiary alicyclic amines) is 1. The van der Waals surface area contributed by atoms with E-state index >= 15 is 0 Å². The highest BCUT2D eigenvalue weighted by molar-refractivity contribution is 6.34. The van der Waals surface area contributed by atoms with Gasteiger partial charge in [-0.3, -0.25) is 14.4 Å². The zero-order valence-corrected chi connectivity index (χ0v) is 34.7. The number of hydrogen-bond acceptors (Lipinski definition) is 10. The van der Waals surface area contributed by atoms with E-state index in [9.17, 15) is 32.3 Å². The SMILES string of the molecule is COC(=O)NC(C(=O)N1CC(C)CC1c1ncc(C2=CC=C(c3cc(Cl)c(NC(=O)c4ccc(NCC(C)NC(=O)c5cnc[nH]5)nc4)cc3OC(F)(F)F)CC2)[nH]1)C(C)C. The molecule has 20 heteroatoms. The molecular weight excluding hydrogens is 821 g/mol. The minimum Gasteiger partial charge on any atom is -0.453 e. The standard InChI is InChI=1S/C41H46ClF3N10O6/c1-21(2)35(54-40(59)60-5)39(58)55-19-22(3)12-32(55)36-49-18-30(52-36)25-8-6-24(7-9-25)27-13-28(42)29(14-33(27)61-41(43,44)45)53-37(56)26-10-11-34(48-16-26)47-15-23(4)51-38(57)31-17-46-20-50-31/h6,8,10-11,13-14,16-18,20-23,32,35H,7,9,12,15,19H2,1-5H3,(H,46,50)(H,47,48)(H,49,52)(H,51,57)(H,53,56)(H,54,59). The Morgan fingerprint density at radius 2 is 1.75 bits per heavy atom. The maximum absolute atomic E-state index is 13.7. The predicted molar refractivity (Wildman–Crippen MR) is 221 cm³/mol. The number of H-pyrrole nitrogens is 2. The molecule has 1 aliphatic carbocycles. The minimum atomic E-state index is -5.05. The summed E-state index contributed by atoms with van der Waals surface area (Å²) in [4.78, 5) is 71.6. The number of anilines is 2. The van der Waals surface area contributed by atoms with E-state index in [4.69, 9.17) is 16.3 Å². The van der Waals surface area contributed by atoms with Crippen LogP contribution < -0.4 is 26.0 Å². The van der Waals surface area contributed by atoms with Gasteiger partial charge < -0.3 is 45.6 Å². The van der Waals surface area contributed by atoms with Crippen LogP contribution in [0.2, 0.25) is 5.02 Å². The van der Waals surface area contributed by atoms with Crippen LogP contribution in [0.5, 0.6) is 5.75 Å². The Bertz CT molecular complexity index is 2290. The second-order valence-electron chi connectivity index (χ2n) is 15.3. The summed E-state index contributed by atoms with van der Waals surface area (Å²) in [6.45, 7) is 8.31. The van der Waals surface area contributed by atoms with Gasteiger partial charge >= 0.3 is 12.5 Å². The van der Waals surface area contributed by atoms with Gasteiger partial charge in [-0.15, -0.1) is 13.2 Å². The number of aromatic amines is 2. The molecule has 1 aromatic carbocycles. The van der Waals surface area contributed by atoms with Crippen molar-refractivity contribution in [1.82, 2.24) is 40.5 Å². The monoisotopic (exact) mass is 866 g/mol. The van der Waals surface area contributed by atoms with E-state index in [1.807, 2.05) is 20.8 Å². The van der Waals surface area contributed by atoms with Gasteiger partial charge in [-0.2, -0.15) is 0 Å². The number of nitrogens with one attached hydrogen (secondary N) is 6. The number of alkyl halides is 3. The van der Waals surface area contributed by atoms with Gasteiger partial charge in [0.2, 0.25) is 5.91 Å². The van der Waals surface area contributed by atoms with Crippen molar-refractivity contribution < 1.29 is 41.8 Å². The lowest BCUT2D eigenvalue weighted by molar-refractivity contribution is -0.274. The zero-order chi connectivity index (χ0) is 44.0. The summed E-state index contributed by atoms with van der Waals surface area (Å²) in [6.07, 6.45) is 4.87. The Morgan fingerprint density at radius 1 is 1.00 bits per heavy atom. The lowest BCUT2D eigenvalue weighted by atomic mass is 9.91. The first kappa shape index (κ1) is 44.2. The fourth-order valence-corrected chi connectivity index (χ4v) is 7.32. The predicted octanol–water partition coefficient (Wildman–Crippen LogP) is 7.11. The number of ether oxygens (including phenoxy) is 2. The molecule has 4 unspecified atom stereocenters. The number of benzene rings is 1. The second-order valence-corrected chi connectivity index (χ2v) is 15.7. The number of aromatic nitrogens is 5. The molecule has 1 fully saturated rings. The molecule has 1 saturated heterocycles.